The van der Waals surface area contributed by atoms with E-state index in [0.29, 0.717) is 5.56 Å². The van der Waals surface area contributed by atoms with Crippen LogP contribution in [0.25, 0.3) is 11.3 Å². The van der Waals surface area contributed by atoms with Crippen LogP contribution in [0.2, 0.25) is 0 Å². The summed E-state index contributed by atoms with van der Waals surface area (Å²) in [4.78, 5) is 7.78. The monoisotopic (exact) mass is 257 g/mol. The van der Waals surface area contributed by atoms with Crippen molar-refractivity contribution in [1.29, 1.82) is 5.26 Å². The predicted octanol–water partition coefficient (Wildman–Crippen LogP) is 3.69. The lowest BCUT2D eigenvalue weighted by atomic mass is 9.96. The van der Waals surface area contributed by atoms with Gasteiger partial charge in [0.1, 0.15) is 17.7 Å². The highest BCUT2D eigenvalue weighted by atomic mass is 19.1. The van der Waals surface area contributed by atoms with E-state index in [1.807, 2.05) is 13.0 Å². The van der Waals surface area contributed by atoms with Crippen LogP contribution in [0.5, 0.6) is 0 Å². The van der Waals surface area contributed by atoms with Crippen molar-refractivity contribution in [2.75, 3.05) is 0 Å². The van der Waals surface area contributed by atoms with Crippen LogP contribution >= 0.6 is 0 Å². The average Bonchev–Trinajstić information content (AvgIpc) is 2.71. The first-order valence-electron chi connectivity index (χ1n) is 6.10. The van der Waals surface area contributed by atoms with Crippen molar-refractivity contribution < 1.29 is 4.39 Å². The lowest BCUT2D eigenvalue weighted by Gasteiger charge is -2.13. The molecule has 4 heteroatoms. The molecule has 0 saturated carbocycles. The second-order valence-electron chi connectivity index (χ2n) is 5.62. The van der Waals surface area contributed by atoms with E-state index < -0.39 is 5.82 Å². The molecule has 0 aliphatic carbocycles. The Bertz CT molecular complexity index is 657. The van der Waals surface area contributed by atoms with E-state index in [2.05, 4.69) is 30.7 Å². The summed E-state index contributed by atoms with van der Waals surface area (Å²) in [6, 6.07) is 6.37. The zero-order valence-electron chi connectivity index (χ0n) is 11.5. The Hall–Kier alpha value is -2.15. The average molecular weight is 257 g/mol. The van der Waals surface area contributed by atoms with Crippen molar-refractivity contribution in [2.24, 2.45) is 0 Å². The number of aryl methyl sites for hydroxylation is 1. The van der Waals surface area contributed by atoms with Gasteiger partial charge >= 0.3 is 0 Å². The summed E-state index contributed by atoms with van der Waals surface area (Å²) in [5.74, 6) is 0.351. The number of aromatic nitrogens is 2. The molecule has 98 valence electrons. The Morgan fingerprint density at radius 1 is 1.32 bits per heavy atom. The topological polar surface area (TPSA) is 52.5 Å². The first-order chi connectivity index (χ1) is 8.82. The maximum Gasteiger partial charge on any atom is 0.141 e. The molecular formula is C15H16FN3. The van der Waals surface area contributed by atoms with Gasteiger partial charge in [0.25, 0.3) is 0 Å². The van der Waals surface area contributed by atoms with E-state index in [1.165, 1.54) is 12.1 Å². The lowest BCUT2D eigenvalue weighted by molar-refractivity contribution is 0.552. The molecule has 0 amide bonds. The molecule has 0 atom stereocenters. The van der Waals surface area contributed by atoms with Crippen molar-refractivity contribution in [3.05, 3.63) is 41.1 Å². The number of nitrogens with zero attached hydrogens (tertiary/aromatic N) is 2. The van der Waals surface area contributed by atoms with Gasteiger partial charge in [-0.05, 0) is 19.1 Å². The van der Waals surface area contributed by atoms with Gasteiger partial charge in [-0.15, -0.1) is 0 Å². The van der Waals surface area contributed by atoms with E-state index in [-0.39, 0.29) is 11.0 Å². The number of halogens is 1. The third kappa shape index (κ3) is 2.50. The quantitative estimate of drug-likeness (QED) is 0.847. The van der Waals surface area contributed by atoms with Gasteiger partial charge in [0.2, 0.25) is 0 Å². The number of aromatic amines is 1. The summed E-state index contributed by atoms with van der Waals surface area (Å²) in [6.45, 7) is 8.10. The SMILES string of the molecule is Cc1[nH]c(C(C)(C)C)nc1-c1ccc(C#N)c(F)c1. The second-order valence-corrected chi connectivity index (χ2v) is 5.62. The largest absolute Gasteiger partial charge is 0.345 e. The number of nitrogens with one attached hydrogen (secondary N) is 1. The van der Waals surface area contributed by atoms with Crippen LogP contribution in [0.1, 0.15) is 37.9 Å². The molecule has 0 saturated heterocycles. The highest BCUT2D eigenvalue weighted by Crippen LogP contribution is 2.27. The number of rotatable bonds is 1. The Morgan fingerprint density at radius 2 is 2.00 bits per heavy atom. The Kier molecular flexibility index (Phi) is 3.15. The molecular weight excluding hydrogens is 241 g/mol. The number of H-pyrrole nitrogens is 1. The Morgan fingerprint density at radius 3 is 2.47 bits per heavy atom. The molecule has 0 aliphatic heterocycles. The zero-order valence-corrected chi connectivity index (χ0v) is 11.5. The van der Waals surface area contributed by atoms with Crippen molar-refractivity contribution in [2.45, 2.75) is 33.1 Å². The summed E-state index contributed by atoms with van der Waals surface area (Å²) < 4.78 is 13.6. The van der Waals surface area contributed by atoms with Crippen LogP contribution in [-0.4, -0.2) is 9.97 Å². The molecule has 0 bridgehead atoms. The fourth-order valence-corrected chi connectivity index (χ4v) is 1.85. The van der Waals surface area contributed by atoms with Crippen molar-refractivity contribution >= 4 is 0 Å². The zero-order chi connectivity index (χ0) is 14.2. The fraction of sp³-hybridized carbons (Fsp3) is 0.333. The maximum absolute atomic E-state index is 13.6. The first kappa shape index (κ1) is 13.3. The highest BCUT2D eigenvalue weighted by molar-refractivity contribution is 5.63. The van der Waals surface area contributed by atoms with Crippen LogP contribution in [0.4, 0.5) is 4.39 Å². The third-order valence-corrected chi connectivity index (χ3v) is 2.96. The first-order valence-corrected chi connectivity index (χ1v) is 6.10. The molecule has 1 aromatic heterocycles. The van der Waals surface area contributed by atoms with Gasteiger partial charge in [0, 0.05) is 16.7 Å². The van der Waals surface area contributed by atoms with Crippen LogP contribution in [0.15, 0.2) is 18.2 Å². The fourth-order valence-electron chi connectivity index (χ4n) is 1.85. The number of nitriles is 1. The number of hydrogen-bond acceptors (Lipinski definition) is 2. The summed E-state index contributed by atoms with van der Waals surface area (Å²) in [7, 11) is 0. The minimum Gasteiger partial charge on any atom is -0.345 e. The molecule has 0 fully saturated rings. The molecule has 2 aromatic rings. The van der Waals surface area contributed by atoms with Crippen LogP contribution in [-0.2, 0) is 5.41 Å². The minimum atomic E-state index is -0.514. The van der Waals surface area contributed by atoms with Crippen molar-refractivity contribution in [3.8, 4) is 17.3 Å². The molecule has 0 radical (unpaired) electrons. The van der Waals surface area contributed by atoms with Crippen molar-refractivity contribution in [3.63, 3.8) is 0 Å². The van der Waals surface area contributed by atoms with Gasteiger partial charge < -0.3 is 4.98 Å². The molecule has 0 spiro atoms. The number of hydrogen-bond donors (Lipinski definition) is 1. The van der Waals surface area contributed by atoms with E-state index in [1.54, 1.807) is 6.07 Å². The summed E-state index contributed by atoms with van der Waals surface area (Å²) >= 11 is 0. The lowest BCUT2D eigenvalue weighted by Crippen LogP contribution is -2.13. The Balaban J connectivity index is 2.51. The normalized spacial score (nSPS) is 11.4. The number of benzene rings is 1. The van der Waals surface area contributed by atoms with E-state index in [0.717, 1.165) is 17.2 Å². The molecule has 1 heterocycles. The Labute approximate surface area is 112 Å². The highest BCUT2D eigenvalue weighted by Gasteiger charge is 2.20. The maximum atomic E-state index is 13.6. The number of imidazole rings is 1. The molecule has 0 aliphatic rings. The van der Waals surface area contributed by atoms with Crippen LogP contribution in [0.3, 0.4) is 0 Å². The molecule has 1 N–H and O–H groups in total. The van der Waals surface area contributed by atoms with E-state index in [9.17, 15) is 4.39 Å². The molecule has 2 rings (SSSR count). The molecule has 3 nitrogen and oxygen atoms in total. The van der Waals surface area contributed by atoms with Crippen LogP contribution < -0.4 is 0 Å². The summed E-state index contributed by atoms with van der Waals surface area (Å²) in [5.41, 5.74) is 2.27. The molecule has 19 heavy (non-hydrogen) atoms. The third-order valence-electron chi connectivity index (χ3n) is 2.96. The van der Waals surface area contributed by atoms with Gasteiger partial charge in [0.05, 0.1) is 11.3 Å². The molecule has 0 unspecified atom stereocenters. The van der Waals surface area contributed by atoms with Gasteiger partial charge in [-0.3, -0.25) is 0 Å². The summed E-state index contributed by atoms with van der Waals surface area (Å²) in [5, 5.41) is 8.73. The minimum absolute atomic E-state index is 0.0491. The standard InChI is InChI=1S/C15H16FN3/c1-9-13(19-14(18-9)15(2,3)4)10-5-6-11(8-17)12(16)7-10/h5-7H,1-4H3,(H,18,19). The van der Waals surface area contributed by atoms with Gasteiger partial charge in [-0.2, -0.15) is 5.26 Å². The smallest absolute Gasteiger partial charge is 0.141 e. The summed E-state index contributed by atoms with van der Waals surface area (Å²) in [6.07, 6.45) is 0. The van der Waals surface area contributed by atoms with E-state index >= 15 is 0 Å². The second kappa shape index (κ2) is 4.51. The van der Waals surface area contributed by atoms with E-state index in [4.69, 9.17) is 5.26 Å². The van der Waals surface area contributed by atoms with Crippen LogP contribution in [0, 0.1) is 24.1 Å². The van der Waals surface area contributed by atoms with Gasteiger partial charge in [0.15, 0.2) is 0 Å². The van der Waals surface area contributed by atoms with Gasteiger partial charge in [-0.1, -0.05) is 26.8 Å². The van der Waals surface area contributed by atoms with Crippen molar-refractivity contribution in [1.82, 2.24) is 9.97 Å². The van der Waals surface area contributed by atoms with Gasteiger partial charge in [-0.25, -0.2) is 9.37 Å². The predicted molar refractivity (Wildman–Crippen MR) is 72.1 cm³/mol. The molecule has 1 aromatic carbocycles.